The van der Waals surface area contributed by atoms with Gasteiger partial charge in [-0.15, -0.1) is 0 Å². The lowest BCUT2D eigenvalue weighted by Gasteiger charge is -2.15. The van der Waals surface area contributed by atoms with Gasteiger partial charge in [0, 0.05) is 4.47 Å². The molecule has 1 saturated heterocycles. The number of benzene rings is 1. The van der Waals surface area contributed by atoms with Gasteiger partial charge in [0.15, 0.2) is 0 Å². The first-order chi connectivity index (χ1) is 12.7. The van der Waals surface area contributed by atoms with Gasteiger partial charge in [0.25, 0.3) is 0 Å². The van der Waals surface area contributed by atoms with Crippen molar-refractivity contribution in [3.8, 4) is 11.1 Å². The molecule has 1 fully saturated rings. The van der Waals surface area contributed by atoms with Crippen LogP contribution in [0.3, 0.4) is 0 Å². The van der Waals surface area contributed by atoms with E-state index in [1.54, 1.807) is 11.3 Å². The van der Waals surface area contributed by atoms with Crippen molar-refractivity contribution in [2.75, 3.05) is 11.5 Å². The summed E-state index contributed by atoms with van der Waals surface area (Å²) in [5.74, 6) is 0. The second kappa shape index (κ2) is 9.00. The Hall–Kier alpha value is -2.12. The van der Waals surface area contributed by atoms with Gasteiger partial charge in [0.2, 0.25) is 0 Å². The molecule has 0 radical (unpaired) electrons. The van der Waals surface area contributed by atoms with Crippen molar-refractivity contribution < 1.29 is 13.9 Å². The lowest BCUT2D eigenvalue weighted by atomic mass is 10.1. The van der Waals surface area contributed by atoms with Crippen LogP contribution in [0.4, 0.5) is 10.8 Å². The number of oxazole rings is 1. The van der Waals surface area contributed by atoms with Crippen molar-refractivity contribution in [3.63, 3.8) is 0 Å². The summed E-state index contributed by atoms with van der Waals surface area (Å²) in [5.41, 5.74) is 2.58. The molecule has 4 rings (SSSR count). The first-order valence-electron chi connectivity index (χ1n) is 8.32. The quantitative estimate of drug-likeness (QED) is 0.506. The fourth-order valence-electron chi connectivity index (χ4n) is 2.65. The highest BCUT2D eigenvalue weighted by Crippen LogP contribution is 2.24. The molecule has 0 unspecified atom stereocenters. The fourth-order valence-corrected chi connectivity index (χ4v) is 3.58. The molecule has 0 bridgehead atoms. The van der Waals surface area contributed by atoms with Crippen LogP contribution < -0.4 is 4.90 Å². The summed E-state index contributed by atoms with van der Waals surface area (Å²) >= 11 is 5.14. The number of hydrogen-bond donors (Lipinski definition) is 0. The molecule has 1 amide bonds. The largest absolute Gasteiger partial charge is 0.447 e. The van der Waals surface area contributed by atoms with E-state index in [2.05, 4.69) is 68.9 Å². The van der Waals surface area contributed by atoms with Crippen molar-refractivity contribution >= 4 is 39.4 Å². The number of rotatable bonds is 4. The van der Waals surface area contributed by atoms with Crippen molar-refractivity contribution in [3.05, 3.63) is 58.0 Å². The highest BCUT2D eigenvalue weighted by Gasteiger charge is 2.36. The number of carbonyl (C=O) groups is 1. The maximum atomic E-state index is 11.4. The van der Waals surface area contributed by atoms with Crippen LogP contribution in [0.1, 0.15) is 19.8 Å². The average Bonchev–Trinajstić information content (AvgIpc) is 3.39. The molecule has 1 aromatic carbocycles. The van der Waals surface area contributed by atoms with Crippen LogP contribution in [0.2, 0.25) is 0 Å². The number of amides is 1. The smallest absolute Gasteiger partial charge is 0.418 e. The Kier molecular flexibility index (Phi) is 6.46. The third-order valence-corrected chi connectivity index (χ3v) is 5.12. The molecule has 0 N–H and O–H groups in total. The molecular formula is C19H19BrN2O3S. The van der Waals surface area contributed by atoms with E-state index < -0.39 is 0 Å². The van der Waals surface area contributed by atoms with E-state index in [4.69, 9.17) is 9.15 Å². The van der Waals surface area contributed by atoms with Crippen LogP contribution in [-0.4, -0.2) is 23.7 Å². The van der Waals surface area contributed by atoms with Crippen LogP contribution in [-0.2, 0) is 4.74 Å². The molecule has 2 aromatic heterocycles. The highest BCUT2D eigenvalue weighted by atomic mass is 79.9. The Morgan fingerprint density at radius 2 is 2.08 bits per heavy atom. The van der Waals surface area contributed by atoms with Crippen molar-refractivity contribution in [2.24, 2.45) is 0 Å². The van der Waals surface area contributed by atoms with Gasteiger partial charge >= 0.3 is 12.1 Å². The number of hydrogen-bond acceptors (Lipinski definition) is 5. The maximum Gasteiger partial charge on any atom is 0.418 e. The number of halogens is 1. The molecule has 1 atom stereocenters. The number of carbonyl (C=O) groups excluding carboxylic acids is 1. The van der Waals surface area contributed by atoms with Gasteiger partial charge in [-0.05, 0) is 46.5 Å². The van der Waals surface area contributed by atoms with Crippen LogP contribution in [0, 0.1) is 0 Å². The lowest BCUT2D eigenvalue weighted by Crippen LogP contribution is -2.33. The summed E-state index contributed by atoms with van der Waals surface area (Å²) in [4.78, 5) is 16.8. The zero-order valence-electron chi connectivity index (χ0n) is 14.3. The highest BCUT2D eigenvalue weighted by molar-refractivity contribution is 9.10. The molecule has 0 saturated carbocycles. The monoisotopic (exact) mass is 434 g/mol. The molecule has 7 heteroatoms. The first-order valence-corrected chi connectivity index (χ1v) is 10.1. The van der Waals surface area contributed by atoms with Crippen molar-refractivity contribution in [1.29, 1.82) is 0 Å². The van der Waals surface area contributed by atoms with E-state index in [0.29, 0.717) is 12.6 Å². The number of cyclic esters (lactones) is 1. The first kappa shape index (κ1) is 18.7. The van der Waals surface area contributed by atoms with Crippen LogP contribution in [0.5, 0.6) is 0 Å². The summed E-state index contributed by atoms with van der Waals surface area (Å²) in [7, 11) is 0. The second-order valence-electron chi connectivity index (χ2n) is 5.72. The van der Waals surface area contributed by atoms with E-state index in [0.717, 1.165) is 17.3 Å². The van der Waals surface area contributed by atoms with Gasteiger partial charge < -0.3 is 9.15 Å². The Bertz CT molecular complexity index is 804. The minimum atomic E-state index is -0.370. The van der Waals surface area contributed by atoms with Crippen molar-refractivity contribution in [1.82, 2.24) is 4.98 Å². The third kappa shape index (κ3) is 4.53. The summed E-state index contributed by atoms with van der Waals surface area (Å²) in [5, 5.41) is 4.25. The van der Waals surface area contributed by atoms with E-state index in [1.807, 2.05) is 0 Å². The van der Waals surface area contributed by atoms with Gasteiger partial charge in [-0.1, -0.05) is 41.4 Å². The predicted molar refractivity (Wildman–Crippen MR) is 106 cm³/mol. The molecule has 26 heavy (non-hydrogen) atoms. The molecular weight excluding hydrogens is 416 g/mol. The number of ether oxygens (including phenoxy) is 1. The summed E-state index contributed by atoms with van der Waals surface area (Å²) in [6, 6.07) is 10.9. The molecule has 136 valence electrons. The molecule has 3 aromatic rings. The van der Waals surface area contributed by atoms with E-state index in [-0.39, 0.29) is 12.1 Å². The van der Waals surface area contributed by atoms with Crippen LogP contribution >= 0.6 is 27.3 Å². The number of anilines is 1. The van der Waals surface area contributed by atoms with E-state index >= 15 is 0 Å². The minimum Gasteiger partial charge on any atom is -0.447 e. The van der Waals surface area contributed by atoms with Gasteiger partial charge in [0.05, 0.1) is 12.2 Å². The van der Waals surface area contributed by atoms with E-state index in [1.165, 1.54) is 28.5 Å². The average molecular weight is 435 g/mol. The zero-order chi connectivity index (χ0) is 18.4. The Morgan fingerprint density at radius 3 is 2.69 bits per heavy atom. The predicted octanol–water partition coefficient (Wildman–Crippen LogP) is 5.98. The van der Waals surface area contributed by atoms with Gasteiger partial charge in [-0.25, -0.2) is 14.7 Å². The van der Waals surface area contributed by atoms with Gasteiger partial charge in [0.1, 0.15) is 12.9 Å². The summed E-state index contributed by atoms with van der Waals surface area (Å²) < 4.78 is 11.1. The van der Waals surface area contributed by atoms with Gasteiger partial charge in [-0.3, -0.25) is 0 Å². The Balaban J connectivity index is 0.000000152. The molecule has 0 spiro atoms. The minimum absolute atomic E-state index is 0.0612. The second-order valence-corrected chi connectivity index (χ2v) is 7.42. The van der Waals surface area contributed by atoms with Crippen molar-refractivity contribution in [2.45, 2.75) is 25.8 Å². The normalized spacial score (nSPS) is 16.2. The fraction of sp³-hybridized carbons (Fsp3) is 0.263. The topological polar surface area (TPSA) is 55.6 Å². The van der Waals surface area contributed by atoms with Crippen LogP contribution in [0.15, 0.2) is 62.4 Å². The summed E-state index contributed by atoms with van der Waals surface area (Å²) in [6.07, 6.45) is 4.49. The van der Waals surface area contributed by atoms with E-state index in [9.17, 15) is 4.79 Å². The summed E-state index contributed by atoms with van der Waals surface area (Å²) in [6.45, 7) is 2.49. The molecule has 3 heterocycles. The Labute approximate surface area is 164 Å². The molecule has 1 aliphatic rings. The maximum absolute atomic E-state index is 11.4. The number of thiophene rings is 1. The number of nitrogens with zero attached hydrogens (tertiary/aromatic N) is 2. The Morgan fingerprint density at radius 1 is 1.27 bits per heavy atom. The molecule has 0 aliphatic carbocycles. The number of aromatic nitrogens is 1. The third-order valence-electron chi connectivity index (χ3n) is 3.91. The van der Waals surface area contributed by atoms with Gasteiger partial charge in [-0.2, -0.15) is 11.3 Å². The lowest BCUT2D eigenvalue weighted by molar-refractivity contribution is 0.178. The molecule has 1 aliphatic heterocycles. The SMILES string of the molecule is Brc1ccc(-c2ccsc2)cc1.CCC[C@@H]1COC(=O)N1c1ncco1. The standard InChI is InChI=1S/C10H7BrS.C9H12N2O3/c11-10-3-1-8(2-4-10)9-5-6-12-7-9;1-2-3-7-6-14-9(12)11(7)8-10-4-5-13-8/h1-7H;4-5,7H,2-3,6H2,1H3/t;7-/m.1/s1. The van der Waals surface area contributed by atoms with Crippen LogP contribution in [0.25, 0.3) is 11.1 Å². The molecule has 5 nitrogen and oxygen atoms in total. The zero-order valence-corrected chi connectivity index (χ0v) is 16.7.